The second-order valence-electron chi connectivity index (χ2n) is 3.83. The van der Waals surface area contributed by atoms with E-state index in [0.717, 1.165) is 12.1 Å². The van der Waals surface area contributed by atoms with Crippen molar-refractivity contribution in [1.82, 2.24) is 0 Å². The van der Waals surface area contributed by atoms with Crippen LogP contribution in [0.4, 0.5) is 5.69 Å². The Morgan fingerprint density at radius 1 is 1.44 bits per heavy atom. The molecule has 0 bridgehead atoms. The molecule has 0 spiro atoms. The topological polar surface area (TPSA) is 41.5 Å². The van der Waals surface area contributed by atoms with Gasteiger partial charge in [-0.2, -0.15) is 0 Å². The van der Waals surface area contributed by atoms with Crippen LogP contribution >= 0.6 is 11.6 Å². The summed E-state index contributed by atoms with van der Waals surface area (Å²) in [4.78, 5) is 0. The Bertz CT molecular complexity index is 327. The van der Waals surface area contributed by atoms with Crippen LogP contribution in [0, 0.1) is 0 Å². The van der Waals surface area contributed by atoms with Crippen LogP contribution in [0.25, 0.3) is 0 Å². The number of halogens is 1. The fraction of sp³-hybridized carbons (Fsp3) is 0.500. The standard InChI is InChI=1S/C12H18ClNO2/c1-3-12(8-15,9-16-2)14-11-7-5-4-6-10(11)13/h4-7,14-15H,3,8-9H2,1-2H3. The molecule has 4 heteroatoms. The summed E-state index contributed by atoms with van der Waals surface area (Å²) in [7, 11) is 1.62. The highest BCUT2D eigenvalue weighted by Crippen LogP contribution is 2.25. The highest BCUT2D eigenvalue weighted by molar-refractivity contribution is 6.33. The van der Waals surface area contributed by atoms with Crippen molar-refractivity contribution in [1.29, 1.82) is 0 Å². The van der Waals surface area contributed by atoms with Crippen LogP contribution in [0.5, 0.6) is 0 Å². The van der Waals surface area contributed by atoms with Crippen molar-refractivity contribution in [2.45, 2.75) is 18.9 Å². The van der Waals surface area contributed by atoms with Crippen molar-refractivity contribution in [3.05, 3.63) is 29.3 Å². The molecule has 1 atom stereocenters. The summed E-state index contributed by atoms with van der Waals surface area (Å²) in [5.41, 5.74) is 0.344. The number of anilines is 1. The van der Waals surface area contributed by atoms with Gasteiger partial charge in [0.2, 0.25) is 0 Å². The van der Waals surface area contributed by atoms with E-state index in [-0.39, 0.29) is 6.61 Å². The third-order valence-corrected chi connectivity index (χ3v) is 3.00. The minimum Gasteiger partial charge on any atom is -0.394 e. The van der Waals surface area contributed by atoms with E-state index in [9.17, 15) is 5.11 Å². The van der Waals surface area contributed by atoms with Gasteiger partial charge in [0.25, 0.3) is 0 Å². The molecule has 1 rings (SSSR count). The van der Waals surface area contributed by atoms with Crippen LogP contribution in [0.1, 0.15) is 13.3 Å². The Kier molecular flexibility index (Phi) is 5.06. The van der Waals surface area contributed by atoms with E-state index in [4.69, 9.17) is 16.3 Å². The van der Waals surface area contributed by atoms with Gasteiger partial charge in [0.15, 0.2) is 0 Å². The molecule has 90 valence electrons. The first-order valence-electron chi connectivity index (χ1n) is 5.30. The minimum atomic E-state index is -0.472. The molecule has 0 radical (unpaired) electrons. The molecule has 0 heterocycles. The molecule has 1 unspecified atom stereocenters. The Balaban J connectivity index is 2.87. The lowest BCUT2D eigenvalue weighted by Crippen LogP contribution is -2.45. The molecular weight excluding hydrogens is 226 g/mol. The fourth-order valence-electron chi connectivity index (χ4n) is 1.55. The summed E-state index contributed by atoms with van der Waals surface area (Å²) in [6.45, 7) is 2.44. The molecule has 0 aliphatic heterocycles. The molecule has 1 aromatic carbocycles. The van der Waals surface area contributed by atoms with Crippen LogP contribution in [0.15, 0.2) is 24.3 Å². The zero-order chi connectivity index (χ0) is 12.0. The molecule has 16 heavy (non-hydrogen) atoms. The lowest BCUT2D eigenvalue weighted by atomic mass is 9.98. The maximum atomic E-state index is 9.47. The van der Waals surface area contributed by atoms with E-state index in [1.807, 2.05) is 31.2 Å². The second-order valence-corrected chi connectivity index (χ2v) is 4.24. The first-order valence-corrected chi connectivity index (χ1v) is 5.68. The third kappa shape index (κ3) is 3.11. The van der Waals surface area contributed by atoms with E-state index in [0.29, 0.717) is 11.6 Å². The van der Waals surface area contributed by atoms with Crippen molar-refractivity contribution in [2.24, 2.45) is 0 Å². The second kappa shape index (κ2) is 6.09. The SMILES string of the molecule is CCC(CO)(COC)Nc1ccccc1Cl. The van der Waals surface area contributed by atoms with Gasteiger partial charge >= 0.3 is 0 Å². The minimum absolute atomic E-state index is 0.00254. The van der Waals surface area contributed by atoms with E-state index in [2.05, 4.69) is 5.32 Å². The monoisotopic (exact) mass is 243 g/mol. The van der Waals surface area contributed by atoms with E-state index in [1.54, 1.807) is 7.11 Å². The van der Waals surface area contributed by atoms with Gasteiger partial charge in [-0.1, -0.05) is 30.7 Å². The highest BCUT2D eigenvalue weighted by atomic mass is 35.5. The number of hydrogen-bond acceptors (Lipinski definition) is 3. The van der Waals surface area contributed by atoms with Crippen molar-refractivity contribution in [3.63, 3.8) is 0 Å². The molecule has 0 saturated heterocycles. The number of aliphatic hydroxyl groups excluding tert-OH is 1. The normalized spacial score (nSPS) is 14.5. The summed E-state index contributed by atoms with van der Waals surface area (Å²) in [5, 5.41) is 13.4. The summed E-state index contributed by atoms with van der Waals surface area (Å²) in [6, 6.07) is 7.47. The van der Waals surface area contributed by atoms with E-state index in [1.165, 1.54) is 0 Å². The maximum absolute atomic E-state index is 9.47. The molecular formula is C12H18ClNO2. The van der Waals surface area contributed by atoms with E-state index >= 15 is 0 Å². The van der Waals surface area contributed by atoms with Crippen LogP contribution in [-0.4, -0.2) is 31.0 Å². The zero-order valence-corrected chi connectivity index (χ0v) is 10.4. The van der Waals surface area contributed by atoms with Gasteiger partial charge < -0.3 is 15.2 Å². The average molecular weight is 244 g/mol. The van der Waals surface area contributed by atoms with Crippen LogP contribution in [0.3, 0.4) is 0 Å². The molecule has 2 N–H and O–H groups in total. The predicted molar refractivity (Wildman–Crippen MR) is 67.1 cm³/mol. The summed E-state index contributed by atoms with van der Waals surface area (Å²) < 4.78 is 5.14. The molecule has 0 fully saturated rings. The highest BCUT2D eigenvalue weighted by Gasteiger charge is 2.27. The van der Waals surface area contributed by atoms with Crippen LogP contribution < -0.4 is 5.32 Å². The first-order chi connectivity index (χ1) is 7.67. The quantitative estimate of drug-likeness (QED) is 0.807. The number of methoxy groups -OCH3 is 1. The van der Waals surface area contributed by atoms with Gasteiger partial charge in [0.1, 0.15) is 0 Å². The van der Waals surface area contributed by atoms with Crippen LogP contribution in [0.2, 0.25) is 5.02 Å². The summed E-state index contributed by atoms with van der Waals surface area (Å²) in [6.07, 6.45) is 0.753. The third-order valence-electron chi connectivity index (χ3n) is 2.67. The summed E-state index contributed by atoms with van der Waals surface area (Å²) >= 11 is 6.06. The van der Waals surface area contributed by atoms with Crippen molar-refractivity contribution in [3.8, 4) is 0 Å². The van der Waals surface area contributed by atoms with Crippen molar-refractivity contribution in [2.75, 3.05) is 25.6 Å². The number of rotatable bonds is 6. The molecule has 0 aliphatic carbocycles. The first kappa shape index (κ1) is 13.3. The molecule has 0 amide bonds. The van der Waals surface area contributed by atoms with Gasteiger partial charge in [-0.15, -0.1) is 0 Å². The zero-order valence-electron chi connectivity index (χ0n) is 9.66. The number of ether oxygens (including phenoxy) is 1. The van der Waals surface area contributed by atoms with Crippen LogP contribution in [-0.2, 0) is 4.74 Å². The summed E-state index contributed by atoms with van der Waals surface area (Å²) in [5.74, 6) is 0. The molecule has 0 aliphatic rings. The van der Waals surface area contributed by atoms with Gasteiger partial charge in [0, 0.05) is 7.11 Å². The number of aliphatic hydroxyl groups is 1. The number of benzene rings is 1. The fourth-order valence-corrected chi connectivity index (χ4v) is 1.73. The molecule has 3 nitrogen and oxygen atoms in total. The van der Waals surface area contributed by atoms with Gasteiger partial charge in [0.05, 0.1) is 29.5 Å². The Morgan fingerprint density at radius 3 is 2.62 bits per heavy atom. The Labute approximate surface area is 101 Å². The molecule has 0 aromatic heterocycles. The Morgan fingerprint density at radius 2 is 2.12 bits per heavy atom. The lowest BCUT2D eigenvalue weighted by Gasteiger charge is -2.32. The number of nitrogens with one attached hydrogen (secondary N) is 1. The smallest absolute Gasteiger partial charge is 0.0835 e. The predicted octanol–water partition coefficient (Wildman–Crippen LogP) is 2.54. The van der Waals surface area contributed by atoms with Gasteiger partial charge in [-0.3, -0.25) is 0 Å². The Hall–Kier alpha value is -0.770. The number of hydrogen-bond donors (Lipinski definition) is 2. The number of para-hydroxylation sites is 1. The van der Waals surface area contributed by atoms with Crippen molar-refractivity contribution < 1.29 is 9.84 Å². The largest absolute Gasteiger partial charge is 0.394 e. The van der Waals surface area contributed by atoms with E-state index < -0.39 is 5.54 Å². The van der Waals surface area contributed by atoms with Gasteiger partial charge in [-0.05, 0) is 18.6 Å². The van der Waals surface area contributed by atoms with Gasteiger partial charge in [-0.25, -0.2) is 0 Å². The average Bonchev–Trinajstić information content (AvgIpc) is 2.31. The maximum Gasteiger partial charge on any atom is 0.0835 e. The van der Waals surface area contributed by atoms with Crippen molar-refractivity contribution >= 4 is 17.3 Å². The molecule has 0 saturated carbocycles. The molecule has 1 aromatic rings. The lowest BCUT2D eigenvalue weighted by molar-refractivity contribution is 0.0962.